The third-order valence-corrected chi connectivity index (χ3v) is 4.52. The number of hydrogen-bond donors (Lipinski definition) is 1. The molecule has 0 radical (unpaired) electrons. The van der Waals surface area contributed by atoms with Gasteiger partial charge in [0.15, 0.2) is 0 Å². The van der Waals surface area contributed by atoms with Crippen LogP contribution in [0.1, 0.15) is 30.0 Å². The minimum absolute atomic E-state index is 0.0241. The predicted molar refractivity (Wildman–Crippen MR) is 90.7 cm³/mol. The number of rotatable bonds is 2. The summed E-state index contributed by atoms with van der Waals surface area (Å²) >= 11 is 0. The summed E-state index contributed by atoms with van der Waals surface area (Å²) in [6, 6.07) is 15.8. The van der Waals surface area contributed by atoms with E-state index in [-0.39, 0.29) is 12.1 Å². The van der Waals surface area contributed by atoms with Gasteiger partial charge in [-0.05, 0) is 42.8 Å². The molecule has 0 saturated carbocycles. The number of nitrogens with one attached hydrogen (secondary N) is 1. The van der Waals surface area contributed by atoms with Gasteiger partial charge in [0.1, 0.15) is 5.76 Å². The zero-order valence-electron chi connectivity index (χ0n) is 13.5. The number of benzene rings is 1. The molecule has 1 N–H and O–H groups in total. The van der Waals surface area contributed by atoms with Crippen molar-refractivity contribution < 1.29 is 9.21 Å². The lowest BCUT2D eigenvalue weighted by Gasteiger charge is -2.27. The molecule has 2 amide bonds. The molecule has 3 aromatic rings. The van der Waals surface area contributed by atoms with Gasteiger partial charge in [-0.1, -0.05) is 18.2 Å². The van der Waals surface area contributed by atoms with Crippen molar-refractivity contribution >= 4 is 6.03 Å². The van der Waals surface area contributed by atoms with Crippen LogP contribution in [0.2, 0.25) is 0 Å². The van der Waals surface area contributed by atoms with Gasteiger partial charge < -0.3 is 19.2 Å². The molecule has 1 aliphatic rings. The highest BCUT2D eigenvalue weighted by Gasteiger charge is 2.28. The summed E-state index contributed by atoms with van der Waals surface area (Å²) in [5.74, 6) is 0.745. The Balaban J connectivity index is 1.63. The monoisotopic (exact) mass is 321 g/mol. The van der Waals surface area contributed by atoms with E-state index in [1.807, 2.05) is 35.2 Å². The molecule has 0 aliphatic carbocycles. The number of aromatic nitrogens is 1. The summed E-state index contributed by atoms with van der Waals surface area (Å²) < 4.78 is 7.45. The topological polar surface area (TPSA) is 50.4 Å². The van der Waals surface area contributed by atoms with Crippen LogP contribution in [0.25, 0.3) is 5.69 Å². The number of hydrogen-bond acceptors (Lipinski definition) is 2. The second-order valence-corrected chi connectivity index (χ2v) is 5.97. The Morgan fingerprint density at radius 2 is 2.08 bits per heavy atom. The fourth-order valence-corrected chi connectivity index (χ4v) is 3.24. The molecule has 0 unspecified atom stereocenters. The molecule has 3 heterocycles. The van der Waals surface area contributed by atoms with Crippen LogP contribution in [0.5, 0.6) is 0 Å². The first-order chi connectivity index (χ1) is 11.7. The average Bonchev–Trinajstić information content (AvgIpc) is 3.27. The standard InChI is InChI=1S/C19H19N3O2/c1-14-17-9-4-10-21(17)18-8-3-2-6-15(18)13-22(14)19(23)20-12-16-7-5-11-24-16/h2-11,14H,12-13H2,1H3,(H,20,23)/t14-/m1/s1. The van der Waals surface area contributed by atoms with Crippen LogP contribution in [0.3, 0.4) is 0 Å². The third-order valence-electron chi connectivity index (χ3n) is 4.52. The van der Waals surface area contributed by atoms with E-state index < -0.39 is 0 Å². The summed E-state index contributed by atoms with van der Waals surface area (Å²) in [4.78, 5) is 14.6. The number of nitrogens with zero attached hydrogens (tertiary/aromatic N) is 2. The van der Waals surface area contributed by atoms with Crippen molar-refractivity contribution in [3.8, 4) is 5.69 Å². The molecule has 0 spiro atoms. The molecule has 1 aromatic carbocycles. The molecule has 0 saturated heterocycles. The Bertz CT molecular complexity index is 851. The first-order valence-electron chi connectivity index (χ1n) is 8.06. The third kappa shape index (κ3) is 2.48. The Kier molecular flexibility index (Phi) is 3.61. The number of para-hydroxylation sites is 1. The zero-order valence-corrected chi connectivity index (χ0v) is 13.5. The molecular weight excluding hydrogens is 302 g/mol. The van der Waals surface area contributed by atoms with Gasteiger partial charge in [-0.15, -0.1) is 0 Å². The van der Waals surface area contributed by atoms with Gasteiger partial charge in [0.2, 0.25) is 0 Å². The van der Waals surface area contributed by atoms with Crippen molar-refractivity contribution in [2.24, 2.45) is 0 Å². The van der Waals surface area contributed by atoms with Crippen molar-refractivity contribution in [2.45, 2.75) is 26.1 Å². The maximum absolute atomic E-state index is 12.8. The highest BCUT2D eigenvalue weighted by molar-refractivity contribution is 5.75. The molecule has 122 valence electrons. The molecular formula is C19H19N3O2. The van der Waals surface area contributed by atoms with Crippen molar-refractivity contribution in [2.75, 3.05) is 0 Å². The van der Waals surface area contributed by atoms with Crippen LogP contribution in [0, 0.1) is 0 Å². The van der Waals surface area contributed by atoms with Crippen LogP contribution < -0.4 is 5.32 Å². The van der Waals surface area contributed by atoms with Crippen LogP contribution >= 0.6 is 0 Å². The molecule has 1 atom stereocenters. The lowest BCUT2D eigenvalue weighted by molar-refractivity contribution is 0.174. The summed E-state index contributed by atoms with van der Waals surface area (Å²) in [5, 5.41) is 2.95. The fourth-order valence-electron chi connectivity index (χ4n) is 3.24. The SMILES string of the molecule is C[C@@H]1c2cccn2-c2ccccc2CN1C(=O)NCc1ccco1. The molecule has 0 bridgehead atoms. The van der Waals surface area contributed by atoms with E-state index >= 15 is 0 Å². The number of amides is 2. The van der Waals surface area contributed by atoms with E-state index in [9.17, 15) is 4.79 Å². The van der Waals surface area contributed by atoms with E-state index in [1.165, 1.54) is 0 Å². The maximum Gasteiger partial charge on any atom is 0.318 e. The average molecular weight is 321 g/mol. The van der Waals surface area contributed by atoms with E-state index in [4.69, 9.17) is 4.42 Å². The van der Waals surface area contributed by atoms with E-state index in [0.29, 0.717) is 13.1 Å². The Morgan fingerprint density at radius 1 is 1.21 bits per heavy atom. The van der Waals surface area contributed by atoms with E-state index in [2.05, 4.69) is 41.2 Å². The van der Waals surface area contributed by atoms with Gasteiger partial charge in [-0.25, -0.2) is 4.79 Å². The van der Waals surface area contributed by atoms with Crippen LogP contribution in [0.4, 0.5) is 4.79 Å². The number of urea groups is 1. The highest BCUT2D eigenvalue weighted by Crippen LogP contribution is 2.31. The number of carbonyl (C=O) groups excluding carboxylic acids is 1. The van der Waals surface area contributed by atoms with Crippen LogP contribution in [-0.2, 0) is 13.1 Å². The van der Waals surface area contributed by atoms with Gasteiger partial charge in [0.05, 0.1) is 31.1 Å². The predicted octanol–water partition coefficient (Wildman–Crippen LogP) is 3.86. The zero-order chi connectivity index (χ0) is 16.5. The molecule has 0 fully saturated rings. The van der Waals surface area contributed by atoms with Gasteiger partial charge in [-0.3, -0.25) is 0 Å². The minimum Gasteiger partial charge on any atom is -0.467 e. The van der Waals surface area contributed by atoms with Crippen molar-refractivity contribution in [1.29, 1.82) is 0 Å². The smallest absolute Gasteiger partial charge is 0.318 e. The van der Waals surface area contributed by atoms with E-state index in [0.717, 1.165) is 22.7 Å². The largest absolute Gasteiger partial charge is 0.467 e. The second kappa shape index (κ2) is 5.92. The molecule has 5 nitrogen and oxygen atoms in total. The lowest BCUT2D eigenvalue weighted by atomic mass is 10.1. The molecule has 4 rings (SSSR count). The Hall–Kier alpha value is -2.95. The van der Waals surface area contributed by atoms with Crippen LogP contribution in [0.15, 0.2) is 65.4 Å². The van der Waals surface area contributed by atoms with Crippen molar-refractivity contribution in [3.63, 3.8) is 0 Å². The highest BCUT2D eigenvalue weighted by atomic mass is 16.3. The maximum atomic E-state index is 12.8. The van der Waals surface area contributed by atoms with Crippen molar-refractivity contribution in [3.05, 3.63) is 78.0 Å². The van der Waals surface area contributed by atoms with Gasteiger partial charge in [0, 0.05) is 11.9 Å². The Labute approximate surface area is 140 Å². The van der Waals surface area contributed by atoms with Crippen molar-refractivity contribution in [1.82, 2.24) is 14.8 Å². The summed E-state index contributed by atoms with van der Waals surface area (Å²) in [7, 11) is 0. The molecule has 1 aliphatic heterocycles. The first kappa shape index (κ1) is 14.6. The second-order valence-electron chi connectivity index (χ2n) is 5.97. The van der Waals surface area contributed by atoms with Gasteiger partial charge >= 0.3 is 6.03 Å². The molecule has 24 heavy (non-hydrogen) atoms. The summed E-state index contributed by atoms with van der Waals surface area (Å²) in [6.07, 6.45) is 3.66. The first-order valence-corrected chi connectivity index (χ1v) is 8.06. The quantitative estimate of drug-likeness (QED) is 0.779. The van der Waals surface area contributed by atoms with Crippen LogP contribution in [-0.4, -0.2) is 15.5 Å². The number of furan rings is 1. The normalized spacial score (nSPS) is 16.2. The lowest BCUT2D eigenvalue weighted by Crippen LogP contribution is -2.40. The summed E-state index contributed by atoms with van der Waals surface area (Å²) in [6.45, 7) is 3.02. The molecule has 5 heteroatoms. The number of carbonyl (C=O) groups is 1. The Morgan fingerprint density at radius 3 is 2.92 bits per heavy atom. The van der Waals surface area contributed by atoms with E-state index in [1.54, 1.807) is 6.26 Å². The molecule has 2 aromatic heterocycles. The number of fused-ring (bicyclic) bond motifs is 3. The minimum atomic E-state index is -0.0941. The van der Waals surface area contributed by atoms with Gasteiger partial charge in [0.25, 0.3) is 0 Å². The summed E-state index contributed by atoms with van der Waals surface area (Å²) in [5.41, 5.74) is 3.37. The fraction of sp³-hybridized carbons (Fsp3) is 0.211. The van der Waals surface area contributed by atoms with Gasteiger partial charge in [-0.2, -0.15) is 0 Å².